The number of anilines is 1. The van der Waals surface area contributed by atoms with Crippen molar-refractivity contribution in [1.82, 2.24) is 0 Å². The molecule has 182 valence electrons. The number of ether oxygens (including phenoxy) is 3. The molecule has 10 heteroatoms. The van der Waals surface area contributed by atoms with E-state index in [4.69, 9.17) is 23.0 Å². The maximum atomic E-state index is 13.8. The number of amides is 2. The minimum atomic E-state index is -1.72. The Balaban J connectivity index is 1.70. The number of hydrogen-bond donors (Lipinski definition) is 0. The highest BCUT2D eigenvalue weighted by molar-refractivity contribution is 6.21. The predicted octanol–water partition coefficient (Wildman–Crippen LogP) is 4.11. The number of rotatable bonds is 6. The summed E-state index contributed by atoms with van der Waals surface area (Å²) in [5.41, 5.74) is -2.04. The van der Waals surface area contributed by atoms with Gasteiger partial charge in [0.1, 0.15) is 24.2 Å². The summed E-state index contributed by atoms with van der Waals surface area (Å²) >= 11 is 0. The van der Waals surface area contributed by atoms with Crippen LogP contribution in [0.15, 0.2) is 69.9 Å². The Labute approximate surface area is 200 Å². The van der Waals surface area contributed by atoms with Crippen molar-refractivity contribution >= 4 is 29.6 Å². The first-order valence-corrected chi connectivity index (χ1v) is 10.7. The smallest absolute Gasteiger partial charge is 0.421 e. The second kappa shape index (κ2) is 9.13. The number of carbonyl (C=O) groups is 4. The molecule has 0 atom stereocenters. The maximum Gasteiger partial charge on any atom is 0.421 e. The zero-order chi connectivity index (χ0) is 25.2. The third-order valence-corrected chi connectivity index (χ3v) is 5.19. The minimum absolute atomic E-state index is 0.0736. The highest BCUT2D eigenvalue weighted by Crippen LogP contribution is 2.43. The fourth-order valence-electron chi connectivity index (χ4n) is 3.63. The standard InChI is InChI=1S/C25H23NO9/c1-24(2,3)35-23(30)26-17-9-5-4-8-16(17)25(22(26)29,14-33-20(27)18-10-6-12-31-18)15-34-21(28)19-11-7-13-32-19/h4-13H,14-15H2,1-3H3. The van der Waals surface area contributed by atoms with E-state index >= 15 is 0 Å². The molecule has 0 fully saturated rings. The van der Waals surface area contributed by atoms with Gasteiger partial charge in [0.25, 0.3) is 5.91 Å². The predicted molar refractivity (Wildman–Crippen MR) is 120 cm³/mol. The van der Waals surface area contributed by atoms with Crippen molar-refractivity contribution in [2.45, 2.75) is 31.8 Å². The number of benzene rings is 1. The van der Waals surface area contributed by atoms with Crippen LogP contribution in [0.3, 0.4) is 0 Å². The first kappa shape index (κ1) is 23.8. The number of para-hydroxylation sites is 1. The van der Waals surface area contributed by atoms with Crippen molar-refractivity contribution in [3.63, 3.8) is 0 Å². The summed E-state index contributed by atoms with van der Waals surface area (Å²) in [4.78, 5) is 52.7. The van der Waals surface area contributed by atoms with Crippen molar-refractivity contribution < 1.29 is 42.2 Å². The number of nitrogens with zero attached hydrogens (tertiary/aromatic N) is 1. The number of furan rings is 2. The van der Waals surface area contributed by atoms with Crippen LogP contribution in [0.4, 0.5) is 10.5 Å². The molecule has 3 aromatic rings. The molecule has 10 nitrogen and oxygen atoms in total. The SMILES string of the molecule is CC(C)(C)OC(=O)N1C(=O)C(COC(=O)c2ccco2)(COC(=O)c2ccco2)c2ccccc21. The molecule has 4 rings (SSSR count). The fraction of sp³-hybridized carbons (Fsp3) is 0.280. The van der Waals surface area contributed by atoms with E-state index in [9.17, 15) is 19.2 Å². The molecule has 0 aliphatic carbocycles. The molecule has 35 heavy (non-hydrogen) atoms. The van der Waals surface area contributed by atoms with Crippen molar-refractivity contribution in [2.75, 3.05) is 18.1 Å². The number of imide groups is 1. The van der Waals surface area contributed by atoms with Crippen molar-refractivity contribution in [1.29, 1.82) is 0 Å². The van der Waals surface area contributed by atoms with Crippen LogP contribution in [0.25, 0.3) is 0 Å². The number of fused-ring (bicyclic) bond motifs is 1. The Hall–Kier alpha value is -4.34. The summed E-state index contributed by atoms with van der Waals surface area (Å²) in [6.45, 7) is 3.93. The molecule has 0 saturated carbocycles. The topological polar surface area (TPSA) is 125 Å². The Kier molecular flexibility index (Phi) is 6.21. The van der Waals surface area contributed by atoms with E-state index in [2.05, 4.69) is 0 Å². The van der Waals surface area contributed by atoms with Crippen molar-refractivity contribution in [3.8, 4) is 0 Å². The lowest BCUT2D eigenvalue weighted by Gasteiger charge is -2.28. The van der Waals surface area contributed by atoms with Gasteiger partial charge in [0, 0.05) is 0 Å². The van der Waals surface area contributed by atoms with Crippen LogP contribution in [-0.2, 0) is 24.4 Å². The Morgan fingerprint density at radius 1 is 0.857 bits per heavy atom. The van der Waals surface area contributed by atoms with Crippen LogP contribution >= 0.6 is 0 Å². The summed E-state index contributed by atoms with van der Waals surface area (Å²) in [7, 11) is 0. The molecule has 0 unspecified atom stereocenters. The molecule has 2 aromatic heterocycles. The van der Waals surface area contributed by atoms with Gasteiger partial charge < -0.3 is 23.0 Å². The average Bonchev–Trinajstić information content (AvgIpc) is 3.56. The van der Waals surface area contributed by atoms with Crippen LogP contribution in [0.2, 0.25) is 0 Å². The van der Waals surface area contributed by atoms with E-state index in [0.717, 1.165) is 4.90 Å². The van der Waals surface area contributed by atoms with Crippen molar-refractivity contribution in [3.05, 3.63) is 78.1 Å². The highest BCUT2D eigenvalue weighted by atomic mass is 16.6. The molecule has 0 saturated heterocycles. The molecule has 0 bridgehead atoms. The van der Waals surface area contributed by atoms with Gasteiger partial charge >= 0.3 is 18.0 Å². The molecule has 0 spiro atoms. The van der Waals surface area contributed by atoms with E-state index in [1.165, 1.54) is 36.8 Å². The summed E-state index contributed by atoms with van der Waals surface area (Å²) in [6.07, 6.45) is 1.70. The quantitative estimate of drug-likeness (QED) is 0.378. The van der Waals surface area contributed by atoms with Gasteiger partial charge in [-0.15, -0.1) is 0 Å². The lowest BCUT2D eigenvalue weighted by atomic mass is 9.83. The summed E-state index contributed by atoms with van der Waals surface area (Å²) < 4.78 is 26.4. The first-order valence-electron chi connectivity index (χ1n) is 10.7. The number of esters is 2. The van der Waals surface area contributed by atoms with E-state index in [1.54, 1.807) is 45.0 Å². The largest absolute Gasteiger partial charge is 0.458 e. The van der Waals surface area contributed by atoms with Gasteiger partial charge in [0.15, 0.2) is 0 Å². The van der Waals surface area contributed by atoms with E-state index < -0.39 is 48.2 Å². The molecule has 2 amide bonds. The monoisotopic (exact) mass is 481 g/mol. The second-order valence-electron chi connectivity index (χ2n) is 8.83. The Morgan fingerprint density at radius 2 is 1.40 bits per heavy atom. The molecule has 0 N–H and O–H groups in total. The van der Waals surface area contributed by atoms with Gasteiger partial charge in [-0.2, -0.15) is 0 Å². The normalized spacial score (nSPS) is 14.4. The van der Waals surface area contributed by atoms with Gasteiger partial charge in [0.2, 0.25) is 11.5 Å². The Bertz CT molecular complexity index is 1190. The lowest BCUT2D eigenvalue weighted by molar-refractivity contribution is -0.126. The molecule has 3 heterocycles. The third-order valence-electron chi connectivity index (χ3n) is 5.19. The van der Waals surface area contributed by atoms with Gasteiger partial charge in [-0.1, -0.05) is 18.2 Å². The van der Waals surface area contributed by atoms with Crippen molar-refractivity contribution in [2.24, 2.45) is 0 Å². The zero-order valence-electron chi connectivity index (χ0n) is 19.3. The molecular weight excluding hydrogens is 458 g/mol. The van der Waals surface area contributed by atoms with E-state index in [0.29, 0.717) is 5.56 Å². The van der Waals surface area contributed by atoms with Crippen LogP contribution < -0.4 is 4.90 Å². The first-order chi connectivity index (χ1) is 16.6. The average molecular weight is 481 g/mol. The zero-order valence-corrected chi connectivity index (χ0v) is 19.3. The van der Waals surface area contributed by atoms with Gasteiger partial charge in [-0.3, -0.25) is 4.79 Å². The summed E-state index contributed by atoms with van der Waals surface area (Å²) in [5, 5.41) is 0. The molecule has 0 radical (unpaired) electrons. The molecule has 1 aliphatic rings. The Morgan fingerprint density at radius 3 is 1.89 bits per heavy atom. The molecule has 1 aliphatic heterocycles. The van der Waals surface area contributed by atoms with Crippen LogP contribution in [0, 0.1) is 0 Å². The van der Waals surface area contributed by atoms with Gasteiger partial charge in [-0.25, -0.2) is 19.3 Å². The second-order valence-corrected chi connectivity index (χ2v) is 8.83. The van der Waals surface area contributed by atoms with Crippen LogP contribution in [0.5, 0.6) is 0 Å². The fourth-order valence-corrected chi connectivity index (χ4v) is 3.63. The van der Waals surface area contributed by atoms with Gasteiger partial charge in [-0.05, 0) is 56.7 Å². The number of carbonyl (C=O) groups excluding carboxylic acids is 4. The van der Waals surface area contributed by atoms with E-state index in [1.807, 2.05) is 0 Å². The maximum absolute atomic E-state index is 13.8. The molecule has 1 aromatic carbocycles. The summed E-state index contributed by atoms with van der Waals surface area (Å²) in [6, 6.07) is 12.3. The van der Waals surface area contributed by atoms with Gasteiger partial charge in [0.05, 0.1) is 18.2 Å². The summed E-state index contributed by atoms with van der Waals surface area (Å²) in [5.74, 6) is -2.57. The molecular formula is C25H23NO9. The lowest BCUT2D eigenvalue weighted by Crippen LogP contribution is -2.50. The third kappa shape index (κ3) is 4.68. The van der Waals surface area contributed by atoms with E-state index in [-0.39, 0.29) is 17.2 Å². The highest BCUT2D eigenvalue weighted by Gasteiger charge is 2.56. The minimum Gasteiger partial charge on any atom is -0.458 e. The van der Waals surface area contributed by atoms with Crippen LogP contribution in [-0.4, -0.2) is 42.8 Å². The van der Waals surface area contributed by atoms with Crippen LogP contribution in [0.1, 0.15) is 47.4 Å². The number of hydrogen-bond acceptors (Lipinski definition) is 9.